The molecular weight excluding hydrogens is 625 g/mol. The molecule has 0 radical (unpaired) electrons. The summed E-state index contributed by atoms with van der Waals surface area (Å²) in [6, 6.07) is 7.78. The molecule has 2 aromatic carbocycles. The average Bonchev–Trinajstić information content (AvgIpc) is 3.30. The summed E-state index contributed by atoms with van der Waals surface area (Å²) in [7, 11) is 0. The number of rotatable bonds is 11. The van der Waals surface area contributed by atoms with E-state index in [0.29, 0.717) is 16.1 Å². The van der Waals surface area contributed by atoms with Gasteiger partial charge in [0.15, 0.2) is 6.61 Å². The van der Waals surface area contributed by atoms with Gasteiger partial charge in [0.2, 0.25) is 0 Å². The van der Waals surface area contributed by atoms with Crippen molar-refractivity contribution in [2.75, 3.05) is 55.3 Å². The molecule has 4 rings (SSSR count). The van der Waals surface area contributed by atoms with Crippen LogP contribution in [0.25, 0.3) is 10.1 Å². The fourth-order valence-corrected chi connectivity index (χ4v) is 6.27. The molecule has 0 bridgehead atoms. The molecule has 14 heteroatoms. The number of anilines is 3. The minimum Gasteiger partial charge on any atom is -0.482 e. The number of nitrogens with one attached hydrogen (secondary N) is 3. The number of nitrogens with zero attached hydrogens (tertiary/aromatic N) is 1. The molecule has 1 fully saturated rings. The molecular formula is C31H35F7N4O2S. The number of aliphatic hydroxyl groups is 1. The summed E-state index contributed by atoms with van der Waals surface area (Å²) >= 11 is 1.14. The highest BCUT2D eigenvalue weighted by molar-refractivity contribution is 7.20. The maximum Gasteiger partial charge on any atom is 0.422 e. The predicted molar refractivity (Wildman–Crippen MR) is 164 cm³/mol. The normalized spacial score (nSPS) is 14.8. The molecule has 0 atom stereocenters. The van der Waals surface area contributed by atoms with Crippen molar-refractivity contribution >= 4 is 38.5 Å². The second kappa shape index (κ2) is 14.8. The highest BCUT2D eigenvalue weighted by atomic mass is 32.1. The van der Waals surface area contributed by atoms with Crippen LogP contribution in [-0.4, -0.2) is 73.8 Å². The molecule has 0 aliphatic carbocycles. The molecule has 3 aromatic rings. The third-order valence-electron chi connectivity index (χ3n) is 7.27. The maximum absolute atomic E-state index is 14.6. The minimum atomic E-state index is -4.65. The first kappa shape index (κ1) is 34.5. The van der Waals surface area contributed by atoms with Crippen molar-refractivity contribution in [2.45, 2.75) is 57.5 Å². The Morgan fingerprint density at radius 3 is 2.40 bits per heavy atom. The van der Waals surface area contributed by atoms with Crippen molar-refractivity contribution < 1.29 is 40.6 Å². The molecule has 0 saturated carbocycles. The van der Waals surface area contributed by atoms with Crippen LogP contribution >= 0.6 is 11.3 Å². The summed E-state index contributed by atoms with van der Waals surface area (Å²) in [6.45, 7) is 3.91. The third kappa shape index (κ3) is 9.79. The minimum absolute atomic E-state index is 0.0437. The summed E-state index contributed by atoms with van der Waals surface area (Å²) in [6.07, 6.45) is -8.50. The zero-order valence-corrected chi connectivity index (χ0v) is 25.6. The van der Waals surface area contributed by atoms with E-state index in [1.165, 1.54) is 0 Å². The average molecular weight is 661 g/mol. The number of fused-ring (bicyclic) bond motifs is 1. The summed E-state index contributed by atoms with van der Waals surface area (Å²) in [5.41, 5.74) is 0.497. The number of halogens is 7. The zero-order valence-electron chi connectivity index (χ0n) is 24.8. The van der Waals surface area contributed by atoms with E-state index in [2.05, 4.69) is 46.5 Å². The number of hydrogen-bond donors (Lipinski definition) is 4. The topological polar surface area (TPSA) is 68.8 Å². The van der Waals surface area contributed by atoms with Crippen LogP contribution in [-0.2, 0) is 6.42 Å². The molecule has 1 aromatic heterocycles. The first-order valence-electron chi connectivity index (χ1n) is 14.5. The van der Waals surface area contributed by atoms with Gasteiger partial charge in [0.1, 0.15) is 11.6 Å². The van der Waals surface area contributed by atoms with Gasteiger partial charge >= 0.3 is 12.4 Å². The first-order valence-corrected chi connectivity index (χ1v) is 15.3. The molecule has 0 amide bonds. The van der Waals surface area contributed by atoms with Gasteiger partial charge in [-0.1, -0.05) is 24.0 Å². The molecule has 0 unspecified atom stereocenters. The van der Waals surface area contributed by atoms with Crippen molar-refractivity contribution in [1.82, 2.24) is 4.90 Å². The molecule has 1 aliphatic rings. The van der Waals surface area contributed by atoms with E-state index in [4.69, 9.17) is 9.84 Å². The molecule has 4 N–H and O–H groups in total. The second-order valence-corrected chi connectivity index (χ2v) is 12.0. The van der Waals surface area contributed by atoms with Gasteiger partial charge < -0.3 is 30.7 Å². The second-order valence-electron chi connectivity index (χ2n) is 11.0. The quantitative estimate of drug-likeness (QED) is 0.129. The van der Waals surface area contributed by atoms with E-state index < -0.39 is 31.2 Å². The standard InChI is InChI=1S/C31H35F7N4O2S/c1-19(2)42-12-8-20(9-13-42)41-24-6-3-5-21-22(17-30(33,34)35)28(45-29(21)24)7-4-10-39-26-15-23(32)25(40-11-14-43)16-27(26)44-18-31(36,37)38/h3,5-6,15-16,19-20,39-41,43H,8-14,17-18H2,1-2H3. The number of alkyl halides is 6. The highest BCUT2D eigenvalue weighted by Gasteiger charge is 2.32. The third-order valence-corrected chi connectivity index (χ3v) is 8.47. The number of benzene rings is 2. The van der Waals surface area contributed by atoms with Crippen LogP contribution in [0, 0.1) is 17.7 Å². The van der Waals surface area contributed by atoms with E-state index in [-0.39, 0.29) is 53.3 Å². The molecule has 1 saturated heterocycles. The van der Waals surface area contributed by atoms with Crippen LogP contribution in [0.1, 0.15) is 37.1 Å². The van der Waals surface area contributed by atoms with Gasteiger partial charge in [-0.25, -0.2) is 4.39 Å². The van der Waals surface area contributed by atoms with Gasteiger partial charge in [0.05, 0.1) is 46.2 Å². The lowest BCUT2D eigenvalue weighted by molar-refractivity contribution is -0.153. The van der Waals surface area contributed by atoms with Gasteiger partial charge in [0.25, 0.3) is 0 Å². The Hall–Kier alpha value is -3.41. The summed E-state index contributed by atoms with van der Waals surface area (Å²) in [5.74, 6) is 4.39. The SMILES string of the molecule is CC(C)N1CCC(Nc2cccc3c(CC(F)(F)F)c(C#CCNc4cc(F)c(NCCO)cc4OCC(F)(F)F)sc23)CC1. The van der Waals surface area contributed by atoms with Crippen LogP contribution < -0.4 is 20.7 Å². The molecule has 1 aliphatic heterocycles. The summed E-state index contributed by atoms with van der Waals surface area (Å²) in [4.78, 5) is 2.60. The van der Waals surface area contributed by atoms with Gasteiger partial charge in [-0.15, -0.1) is 11.3 Å². The summed E-state index contributed by atoms with van der Waals surface area (Å²) < 4.78 is 99.5. The van der Waals surface area contributed by atoms with E-state index in [9.17, 15) is 30.7 Å². The zero-order chi connectivity index (χ0) is 32.8. The largest absolute Gasteiger partial charge is 0.482 e. The Bertz CT molecular complexity index is 1500. The Balaban J connectivity index is 1.57. The van der Waals surface area contributed by atoms with E-state index in [1.807, 2.05) is 6.07 Å². The van der Waals surface area contributed by atoms with E-state index in [1.54, 1.807) is 12.1 Å². The first-order chi connectivity index (χ1) is 21.2. The number of piperidine rings is 1. The molecule has 6 nitrogen and oxygen atoms in total. The number of hydrogen-bond acceptors (Lipinski definition) is 7. The Morgan fingerprint density at radius 1 is 1.02 bits per heavy atom. The van der Waals surface area contributed by atoms with Crippen molar-refractivity contribution in [1.29, 1.82) is 0 Å². The van der Waals surface area contributed by atoms with Crippen LogP contribution in [0.3, 0.4) is 0 Å². The Kier molecular flexibility index (Phi) is 11.3. The number of thiophene rings is 1. The lowest BCUT2D eigenvalue weighted by Gasteiger charge is -2.35. The van der Waals surface area contributed by atoms with Crippen molar-refractivity contribution in [3.05, 3.63) is 46.6 Å². The van der Waals surface area contributed by atoms with Crippen molar-refractivity contribution in [3.63, 3.8) is 0 Å². The lowest BCUT2D eigenvalue weighted by Crippen LogP contribution is -2.42. The fraction of sp³-hybridized carbons (Fsp3) is 0.484. The van der Waals surface area contributed by atoms with E-state index in [0.717, 1.165) is 55.1 Å². The van der Waals surface area contributed by atoms with E-state index >= 15 is 0 Å². The predicted octanol–water partition coefficient (Wildman–Crippen LogP) is 7.24. The van der Waals surface area contributed by atoms with Crippen LogP contribution in [0.4, 0.5) is 47.8 Å². The highest BCUT2D eigenvalue weighted by Crippen LogP contribution is 2.39. The number of ether oxygens (including phenoxy) is 1. The summed E-state index contributed by atoms with van der Waals surface area (Å²) in [5, 5.41) is 18.2. The molecule has 2 heterocycles. The lowest BCUT2D eigenvalue weighted by atomic mass is 10.0. The fourth-order valence-electron chi connectivity index (χ4n) is 5.10. The monoisotopic (exact) mass is 660 g/mol. The number of aliphatic hydroxyl groups excluding tert-OH is 1. The molecule has 0 spiro atoms. The number of likely N-dealkylation sites (tertiary alicyclic amines) is 1. The molecule has 45 heavy (non-hydrogen) atoms. The van der Waals surface area contributed by atoms with Crippen molar-refractivity contribution in [3.8, 4) is 17.6 Å². The van der Waals surface area contributed by atoms with Gasteiger partial charge in [-0.3, -0.25) is 0 Å². The van der Waals surface area contributed by atoms with Crippen LogP contribution in [0.5, 0.6) is 5.75 Å². The smallest absolute Gasteiger partial charge is 0.422 e. The molecule has 246 valence electrons. The van der Waals surface area contributed by atoms with Gasteiger partial charge in [0, 0.05) is 43.9 Å². The van der Waals surface area contributed by atoms with Crippen LogP contribution in [0.2, 0.25) is 0 Å². The maximum atomic E-state index is 14.6. The van der Waals surface area contributed by atoms with Crippen molar-refractivity contribution in [2.24, 2.45) is 0 Å². The van der Waals surface area contributed by atoms with Gasteiger partial charge in [-0.2, -0.15) is 26.3 Å². The Labute approximate surface area is 260 Å². The van der Waals surface area contributed by atoms with Gasteiger partial charge in [-0.05, 0) is 43.7 Å². The van der Waals surface area contributed by atoms with Crippen LogP contribution in [0.15, 0.2) is 30.3 Å². The Morgan fingerprint density at radius 2 is 1.76 bits per heavy atom.